The highest BCUT2D eigenvalue weighted by Crippen LogP contribution is 2.44. The third-order valence-electron chi connectivity index (χ3n) is 5.99. The zero-order chi connectivity index (χ0) is 19.3. The Bertz CT molecular complexity index is 1040. The number of aryl methyl sites for hydroxylation is 4. The van der Waals surface area contributed by atoms with Crippen LogP contribution < -0.4 is 4.57 Å². The van der Waals surface area contributed by atoms with Crippen molar-refractivity contribution in [3.8, 4) is 22.4 Å². The lowest BCUT2D eigenvalue weighted by Crippen LogP contribution is -2.32. The Labute approximate surface area is 163 Å². The summed E-state index contributed by atoms with van der Waals surface area (Å²) in [6.45, 7) is 11.3. The van der Waals surface area contributed by atoms with Crippen LogP contribution in [0.25, 0.3) is 22.4 Å². The largest absolute Gasteiger partial charge is 0.213 e. The first-order valence-electron chi connectivity index (χ1n) is 10.1. The highest BCUT2D eigenvalue weighted by molar-refractivity contribution is 5.86. The fourth-order valence-corrected chi connectivity index (χ4v) is 4.72. The Balaban J connectivity index is 1.95. The van der Waals surface area contributed by atoms with Gasteiger partial charge in [-0.05, 0) is 78.5 Å². The number of fused-ring (bicyclic) bond motifs is 3. The summed E-state index contributed by atoms with van der Waals surface area (Å²) >= 11 is 0. The van der Waals surface area contributed by atoms with E-state index >= 15 is 0 Å². The number of benzene rings is 2. The molecule has 1 nitrogen and oxygen atoms in total. The number of rotatable bonds is 3. The van der Waals surface area contributed by atoms with E-state index in [0.29, 0.717) is 5.92 Å². The van der Waals surface area contributed by atoms with Gasteiger partial charge in [0.15, 0.2) is 6.20 Å². The predicted octanol–water partition coefficient (Wildman–Crippen LogP) is 5.87. The minimum atomic E-state index is 0.666. The van der Waals surface area contributed by atoms with E-state index < -0.39 is 0 Å². The molecule has 0 aliphatic heterocycles. The molecule has 1 aliphatic carbocycles. The fourth-order valence-electron chi connectivity index (χ4n) is 4.72. The molecule has 138 valence electrons. The smallest absolute Gasteiger partial charge is 0.201 e. The first-order chi connectivity index (χ1) is 12.9. The number of nitrogens with zero attached hydrogens (tertiary/aromatic N) is 1. The Morgan fingerprint density at radius 3 is 2.41 bits per heavy atom. The van der Waals surface area contributed by atoms with Crippen molar-refractivity contribution in [1.29, 1.82) is 0 Å². The Hall–Kier alpha value is -2.41. The molecule has 0 radical (unpaired) electrons. The van der Waals surface area contributed by atoms with Gasteiger partial charge in [0.1, 0.15) is 7.05 Å². The standard InChI is InChI=1S/C26H30N/c1-16(2)12-21-14-24(27(6)15-19(21)5)26-18(4)10-11-22-23(26)13-20-9-7-8-17(3)25(20)22/h7-11,14-16H,12-13H2,1-6H3/q+1. The van der Waals surface area contributed by atoms with Gasteiger partial charge in [0.25, 0.3) is 0 Å². The van der Waals surface area contributed by atoms with Gasteiger partial charge in [-0.25, -0.2) is 4.57 Å². The van der Waals surface area contributed by atoms with Gasteiger partial charge < -0.3 is 0 Å². The highest BCUT2D eigenvalue weighted by Gasteiger charge is 2.27. The second kappa shape index (κ2) is 6.64. The van der Waals surface area contributed by atoms with Crippen molar-refractivity contribution in [2.45, 2.75) is 47.5 Å². The third-order valence-corrected chi connectivity index (χ3v) is 5.99. The van der Waals surface area contributed by atoms with Crippen LogP contribution in [0.5, 0.6) is 0 Å². The molecular weight excluding hydrogens is 326 g/mol. The zero-order valence-electron chi connectivity index (χ0n) is 17.5. The van der Waals surface area contributed by atoms with Crippen molar-refractivity contribution in [3.63, 3.8) is 0 Å². The Morgan fingerprint density at radius 2 is 1.67 bits per heavy atom. The lowest BCUT2D eigenvalue weighted by Gasteiger charge is -2.14. The topological polar surface area (TPSA) is 3.88 Å². The zero-order valence-corrected chi connectivity index (χ0v) is 17.5. The third kappa shape index (κ3) is 3.00. The molecule has 1 aliphatic rings. The van der Waals surface area contributed by atoms with Gasteiger partial charge in [0.05, 0.1) is 5.56 Å². The van der Waals surface area contributed by atoms with E-state index in [-0.39, 0.29) is 0 Å². The van der Waals surface area contributed by atoms with Crippen molar-refractivity contribution in [3.05, 3.63) is 76.0 Å². The van der Waals surface area contributed by atoms with Gasteiger partial charge in [-0.15, -0.1) is 0 Å². The van der Waals surface area contributed by atoms with Crippen LogP contribution in [0.15, 0.2) is 42.6 Å². The van der Waals surface area contributed by atoms with E-state index in [2.05, 4.69) is 88.8 Å². The lowest BCUT2D eigenvalue weighted by molar-refractivity contribution is -0.660. The molecule has 0 amide bonds. The van der Waals surface area contributed by atoms with Gasteiger partial charge in [-0.2, -0.15) is 0 Å². The first-order valence-corrected chi connectivity index (χ1v) is 10.1. The van der Waals surface area contributed by atoms with Gasteiger partial charge in [0, 0.05) is 11.6 Å². The quantitative estimate of drug-likeness (QED) is 0.404. The molecule has 2 aromatic carbocycles. The molecule has 1 heterocycles. The summed E-state index contributed by atoms with van der Waals surface area (Å²) in [6, 6.07) is 13.8. The molecule has 3 aromatic rings. The number of hydrogen-bond donors (Lipinski definition) is 0. The van der Waals surface area contributed by atoms with Crippen LogP contribution in [0.1, 0.15) is 47.2 Å². The molecule has 0 spiro atoms. The number of hydrogen-bond acceptors (Lipinski definition) is 0. The summed E-state index contributed by atoms with van der Waals surface area (Å²) in [5.41, 5.74) is 14.2. The van der Waals surface area contributed by atoms with Gasteiger partial charge >= 0.3 is 0 Å². The molecule has 4 rings (SSSR count). The van der Waals surface area contributed by atoms with Crippen LogP contribution in [0, 0.1) is 26.7 Å². The predicted molar refractivity (Wildman–Crippen MR) is 114 cm³/mol. The highest BCUT2D eigenvalue weighted by atomic mass is 14.9. The second-order valence-corrected chi connectivity index (χ2v) is 8.65. The Kier molecular flexibility index (Phi) is 4.42. The van der Waals surface area contributed by atoms with Crippen LogP contribution in [-0.4, -0.2) is 0 Å². The van der Waals surface area contributed by atoms with Gasteiger partial charge in [-0.1, -0.05) is 44.2 Å². The summed E-state index contributed by atoms with van der Waals surface area (Å²) in [5, 5.41) is 0. The van der Waals surface area contributed by atoms with Gasteiger partial charge in [0.2, 0.25) is 5.69 Å². The summed E-state index contributed by atoms with van der Waals surface area (Å²) < 4.78 is 2.32. The maximum Gasteiger partial charge on any atom is 0.213 e. The minimum absolute atomic E-state index is 0.666. The molecule has 0 unspecified atom stereocenters. The van der Waals surface area contributed by atoms with E-state index in [1.165, 1.54) is 55.8 Å². The molecular formula is C26H30N+. The van der Waals surface area contributed by atoms with Gasteiger partial charge in [-0.3, -0.25) is 0 Å². The molecule has 0 saturated carbocycles. The molecule has 27 heavy (non-hydrogen) atoms. The Morgan fingerprint density at radius 1 is 0.926 bits per heavy atom. The van der Waals surface area contributed by atoms with Crippen molar-refractivity contribution >= 4 is 0 Å². The van der Waals surface area contributed by atoms with Crippen molar-refractivity contribution in [2.24, 2.45) is 13.0 Å². The minimum Gasteiger partial charge on any atom is -0.201 e. The molecule has 0 saturated heterocycles. The molecule has 0 N–H and O–H groups in total. The SMILES string of the molecule is Cc1c[n+](C)c(-c2c(C)ccc3c2Cc2cccc(C)c2-3)cc1CC(C)C. The summed E-state index contributed by atoms with van der Waals surface area (Å²) in [6.07, 6.45) is 4.48. The maximum atomic E-state index is 2.44. The molecule has 0 bridgehead atoms. The van der Waals surface area contributed by atoms with E-state index in [4.69, 9.17) is 0 Å². The summed E-state index contributed by atoms with van der Waals surface area (Å²) in [4.78, 5) is 0. The van der Waals surface area contributed by atoms with E-state index in [0.717, 1.165) is 12.8 Å². The molecule has 1 heteroatoms. The van der Waals surface area contributed by atoms with Crippen molar-refractivity contribution in [2.75, 3.05) is 0 Å². The van der Waals surface area contributed by atoms with E-state index in [1.54, 1.807) is 0 Å². The van der Waals surface area contributed by atoms with Crippen LogP contribution in [0.3, 0.4) is 0 Å². The van der Waals surface area contributed by atoms with Crippen LogP contribution in [-0.2, 0) is 19.9 Å². The van der Waals surface area contributed by atoms with Crippen molar-refractivity contribution in [1.82, 2.24) is 0 Å². The maximum absolute atomic E-state index is 2.44. The fraction of sp³-hybridized carbons (Fsp3) is 0.346. The lowest BCUT2D eigenvalue weighted by atomic mass is 9.91. The number of aromatic nitrogens is 1. The first kappa shape index (κ1) is 18.0. The van der Waals surface area contributed by atoms with E-state index in [1.807, 2.05) is 0 Å². The monoisotopic (exact) mass is 356 g/mol. The molecule has 0 fully saturated rings. The van der Waals surface area contributed by atoms with Crippen LogP contribution in [0.4, 0.5) is 0 Å². The summed E-state index contributed by atoms with van der Waals surface area (Å²) in [5.74, 6) is 0.666. The molecule has 0 atom stereocenters. The van der Waals surface area contributed by atoms with E-state index in [9.17, 15) is 0 Å². The molecule has 1 aromatic heterocycles. The van der Waals surface area contributed by atoms with Crippen LogP contribution in [0.2, 0.25) is 0 Å². The van der Waals surface area contributed by atoms with Crippen LogP contribution >= 0.6 is 0 Å². The summed E-state index contributed by atoms with van der Waals surface area (Å²) in [7, 11) is 2.19. The second-order valence-electron chi connectivity index (χ2n) is 8.65. The number of pyridine rings is 1. The normalized spacial score (nSPS) is 12.4. The average molecular weight is 357 g/mol. The van der Waals surface area contributed by atoms with Crippen molar-refractivity contribution < 1.29 is 4.57 Å². The average Bonchev–Trinajstić information content (AvgIpc) is 2.97.